The van der Waals surface area contributed by atoms with Crippen molar-refractivity contribution in [3.8, 4) is 0 Å². The molecule has 3 nitrogen and oxygen atoms in total. The second-order valence-electron chi connectivity index (χ2n) is 5.56. The Morgan fingerprint density at radius 1 is 0.905 bits per heavy atom. The van der Waals surface area contributed by atoms with Crippen molar-refractivity contribution in [1.29, 1.82) is 0 Å². The number of anilines is 2. The molecule has 3 heteroatoms. The van der Waals surface area contributed by atoms with Gasteiger partial charge in [0.05, 0.1) is 11.4 Å². The summed E-state index contributed by atoms with van der Waals surface area (Å²) in [5, 5.41) is 3.54. The first kappa shape index (κ1) is 14.0. The van der Waals surface area contributed by atoms with Gasteiger partial charge in [0.15, 0.2) is 0 Å². The van der Waals surface area contributed by atoms with Crippen molar-refractivity contribution in [2.45, 2.75) is 6.54 Å². The number of nitrogens with one attached hydrogen (secondary N) is 1. The lowest BCUT2D eigenvalue weighted by Crippen LogP contribution is -2.42. The summed E-state index contributed by atoms with van der Waals surface area (Å²) in [6.07, 6.45) is 0. The molecule has 0 saturated carbocycles. The lowest BCUT2D eigenvalue weighted by molar-refractivity contribution is 0.647. The Balaban J connectivity index is 1.53. The minimum Gasteiger partial charge on any atom is -0.371 e. The van der Waals surface area contributed by atoms with Crippen LogP contribution in [0.5, 0.6) is 0 Å². The molecule has 1 N–H and O–H groups in total. The summed E-state index contributed by atoms with van der Waals surface area (Å²) >= 11 is 0. The van der Waals surface area contributed by atoms with Gasteiger partial charge >= 0.3 is 0 Å². The van der Waals surface area contributed by atoms with Crippen LogP contribution in [0.4, 0.5) is 11.4 Å². The van der Waals surface area contributed by atoms with Gasteiger partial charge in [0.25, 0.3) is 0 Å². The van der Waals surface area contributed by atoms with Crippen LogP contribution in [0.2, 0.25) is 0 Å². The molecule has 0 aliphatic carbocycles. The fraction of sp³-hybridized carbons (Fsp3) is 0.333. The van der Waals surface area contributed by atoms with Crippen LogP contribution in [0.1, 0.15) is 5.56 Å². The predicted octanol–water partition coefficient (Wildman–Crippen LogP) is 2.73. The van der Waals surface area contributed by atoms with Crippen LogP contribution >= 0.6 is 0 Å². The van der Waals surface area contributed by atoms with Gasteiger partial charge in [0.1, 0.15) is 0 Å². The SMILES string of the molecule is CN1CCN(CCNCc2ccccc2)c2ccccc21. The van der Waals surface area contributed by atoms with Crippen molar-refractivity contribution in [2.24, 2.45) is 0 Å². The number of likely N-dealkylation sites (N-methyl/N-ethyl adjacent to an activating group) is 1. The fourth-order valence-electron chi connectivity index (χ4n) is 2.84. The van der Waals surface area contributed by atoms with E-state index in [2.05, 4.69) is 76.8 Å². The largest absolute Gasteiger partial charge is 0.371 e. The number of hydrogen-bond acceptors (Lipinski definition) is 3. The molecule has 2 aromatic carbocycles. The third kappa shape index (κ3) is 3.37. The summed E-state index contributed by atoms with van der Waals surface area (Å²) < 4.78 is 0. The van der Waals surface area contributed by atoms with E-state index < -0.39 is 0 Å². The third-order valence-corrected chi connectivity index (χ3v) is 4.07. The summed E-state index contributed by atoms with van der Waals surface area (Å²) in [7, 11) is 2.17. The highest BCUT2D eigenvalue weighted by Gasteiger charge is 2.18. The van der Waals surface area contributed by atoms with E-state index >= 15 is 0 Å². The van der Waals surface area contributed by atoms with Crippen molar-refractivity contribution in [1.82, 2.24) is 5.32 Å². The highest BCUT2D eigenvalue weighted by molar-refractivity contribution is 5.73. The first-order valence-corrected chi connectivity index (χ1v) is 7.64. The van der Waals surface area contributed by atoms with Gasteiger partial charge in [-0.1, -0.05) is 42.5 Å². The van der Waals surface area contributed by atoms with E-state index in [4.69, 9.17) is 0 Å². The van der Waals surface area contributed by atoms with Gasteiger partial charge in [-0.25, -0.2) is 0 Å². The summed E-state index contributed by atoms with van der Waals surface area (Å²) in [5.41, 5.74) is 4.04. The maximum absolute atomic E-state index is 3.54. The van der Waals surface area contributed by atoms with Gasteiger partial charge < -0.3 is 15.1 Å². The molecule has 1 aliphatic rings. The van der Waals surface area contributed by atoms with Crippen LogP contribution in [0.15, 0.2) is 54.6 Å². The molecular formula is C18H23N3. The predicted molar refractivity (Wildman–Crippen MR) is 90.1 cm³/mol. The van der Waals surface area contributed by atoms with Crippen molar-refractivity contribution in [3.05, 3.63) is 60.2 Å². The summed E-state index contributed by atoms with van der Waals surface area (Å²) in [6, 6.07) is 19.2. The van der Waals surface area contributed by atoms with Crippen LogP contribution in [-0.4, -0.2) is 33.2 Å². The lowest BCUT2D eigenvalue weighted by Gasteiger charge is -2.37. The zero-order valence-corrected chi connectivity index (χ0v) is 12.6. The summed E-state index contributed by atoms with van der Waals surface area (Å²) in [6.45, 7) is 5.19. The Hall–Kier alpha value is -2.00. The Morgan fingerprint density at radius 2 is 1.62 bits per heavy atom. The van der Waals surface area contributed by atoms with Gasteiger partial charge in [-0.3, -0.25) is 0 Å². The average Bonchev–Trinajstić information content (AvgIpc) is 2.55. The number of fused-ring (bicyclic) bond motifs is 1. The number of nitrogens with zero attached hydrogens (tertiary/aromatic N) is 2. The number of rotatable bonds is 5. The highest BCUT2D eigenvalue weighted by Crippen LogP contribution is 2.31. The lowest BCUT2D eigenvalue weighted by atomic mass is 10.1. The molecule has 2 aromatic rings. The maximum atomic E-state index is 3.54. The first-order chi connectivity index (χ1) is 10.3. The topological polar surface area (TPSA) is 18.5 Å². The van der Waals surface area contributed by atoms with E-state index in [1.54, 1.807) is 0 Å². The highest BCUT2D eigenvalue weighted by atomic mass is 15.3. The van der Waals surface area contributed by atoms with Crippen molar-refractivity contribution < 1.29 is 0 Å². The molecule has 21 heavy (non-hydrogen) atoms. The third-order valence-electron chi connectivity index (χ3n) is 4.07. The van der Waals surface area contributed by atoms with Gasteiger partial charge in [-0.15, -0.1) is 0 Å². The molecule has 0 spiro atoms. The van der Waals surface area contributed by atoms with Crippen molar-refractivity contribution in [3.63, 3.8) is 0 Å². The molecule has 1 heterocycles. The molecule has 110 valence electrons. The Kier molecular flexibility index (Phi) is 4.41. The van der Waals surface area contributed by atoms with Crippen molar-refractivity contribution >= 4 is 11.4 Å². The number of hydrogen-bond donors (Lipinski definition) is 1. The molecular weight excluding hydrogens is 258 g/mol. The normalized spacial score (nSPS) is 14.1. The van der Waals surface area contributed by atoms with Crippen LogP contribution in [0.3, 0.4) is 0 Å². The Bertz CT molecular complexity index is 568. The molecule has 0 unspecified atom stereocenters. The van der Waals surface area contributed by atoms with Crippen LogP contribution in [-0.2, 0) is 6.54 Å². The fourth-order valence-corrected chi connectivity index (χ4v) is 2.84. The van der Waals surface area contributed by atoms with E-state index in [9.17, 15) is 0 Å². The molecule has 0 atom stereocenters. The zero-order valence-electron chi connectivity index (χ0n) is 12.6. The van der Waals surface area contributed by atoms with Crippen molar-refractivity contribution in [2.75, 3.05) is 43.0 Å². The zero-order chi connectivity index (χ0) is 14.5. The van der Waals surface area contributed by atoms with Gasteiger partial charge in [-0.05, 0) is 17.7 Å². The smallest absolute Gasteiger partial charge is 0.0605 e. The Labute approximate surface area is 127 Å². The summed E-state index contributed by atoms with van der Waals surface area (Å²) in [5.74, 6) is 0. The van der Waals surface area contributed by atoms with Crippen LogP contribution < -0.4 is 15.1 Å². The molecule has 0 amide bonds. The first-order valence-electron chi connectivity index (χ1n) is 7.64. The number of benzene rings is 2. The Morgan fingerprint density at radius 3 is 2.43 bits per heavy atom. The quantitative estimate of drug-likeness (QED) is 0.850. The van der Waals surface area contributed by atoms with Gasteiger partial charge in [-0.2, -0.15) is 0 Å². The minimum atomic E-state index is 0.941. The molecule has 0 radical (unpaired) electrons. The van der Waals surface area contributed by atoms with E-state index in [0.29, 0.717) is 0 Å². The maximum Gasteiger partial charge on any atom is 0.0605 e. The van der Waals surface area contributed by atoms with E-state index in [-0.39, 0.29) is 0 Å². The second-order valence-corrected chi connectivity index (χ2v) is 5.56. The molecule has 3 rings (SSSR count). The van der Waals surface area contributed by atoms with Gasteiger partial charge in [0.2, 0.25) is 0 Å². The standard InChI is InChI=1S/C18H23N3/c1-20-13-14-21(18-10-6-5-9-17(18)20)12-11-19-15-16-7-3-2-4-8-16/h2-10,19H,11-15H2,1H3. The van der Waals surface area contributed by atoms with E-state index in [0.717, 1.165) is 32.7 Å². The monoisotopic (exact) mass is 281 g/mol. The molecule has 1 aliphatic heterocycles. The molecule has 0 bridgehead atoms. The van der Waals surface area contributed by atoms with E-state index in [1.165, 1.54) is 16.9 Å². The van der Waals surface area contributed by atoms with Crippen LogP contribution in [0.25, 0.3) is 0 Å². The van der Waals surface area contributed by atoms with Gasteiger partial charge in [0, 0.05) is 39.8 Å². The van der Waals surface area contributed by atoms with Crippen LogP contribution in [0, 0.1) is 0 Å². The molecule has 0 saturated heterocycles. The molecule has 0 aromatic heterocycles. The molecule has 0 fully saturated rings. The average molecular weight is 281 g/mol. The summed E-state index contributed by atoms with van der Waals surface area (Å²) in [4.78, 5) is 4.82. The van der Waals surface area contributed by atoms with E-state index in [1.807, 2.05) is 0 Å². The minimum absolute atomic E-state index is 0.941. The second kappa shape index (κ2) is 6.64. The number of para-hydroxylation sites is 2.